The van der Waals surface area contributed by atoms with Crippen LogP contribution in [0.15, 0.2) is 16.4 Å². The van der Waals surface area contributed by atoms with Gasteiger partial charge in [0, 0.05) is 24.7 Å². The maximum Gasteiger partial charge on any atom is 0.271 e. The maximum atomic E-state index is 12.9. The van der Waals surface area contributed by atoms with Gasteiger partial charge in [-0.25, -0.2) is 4.98 Å². The predicted molar refractivity (Wildman–Crippen MR) is 87.6 cm³/mol. The summed E-state index contributed by atoms with van der Waals surface area (Å²) in [6.07, 6.45) is 3.40. The van der Waals surface area contributed by atoms with E-state index in [0.717, 1.165) is 19.5 Å². The molecule has 118 valence electrons. The zero-order valence-electron chi connectivity index (χ0n) is 13.2. The Kier molecular flexibility index (Phi) is 4.04. The fraction of sp³-hybridized carbons (Fsp3) is 0.562. The molecule has 1 aliphatic heterocycles. The van der Waals surface area contributed by atoms with Gasteiger partial charge < -0.3 is 4.90 Å². The van der Waals surface area contributed by atoms with E-state index in [-0.39, 0.29) is 17.0 Å². The van der Waals surface area contributed by atoms with Crippen molar-refractivity contribution in [3.63, 3.8) is 0 Å². The first-order valence-electron chi connectivity index (χ1n) is 7.79. The Bertz CT molecular complexity index is 754. The summed E-state index contributed by atoms with van der Waals surface area (Å²) in [7, 11) is 0. The standard InChI is InChI=1S/C16H21N3O2S/c1-4-12-13(15(21)19-5-6-22-16(19)17-12)14(20)18-8-10(2)7-11(3)9-18/h5-6,10-11H,4,7-9H2,1-3H3. The molecule has 2 unspecified atom stereocenters. The van der Waals surface area contributed by atoms with Gasteiger partial charge in [-0.3, -0.25) is 14.0 Å². The Balaban J connectivity index is 2.06. The van der Waals surface area contributed by atoms with Crippen LogP contribution in [0.3, 0.4) is 0 Å². The summed E-state index contributed by atoms with van der Waals surface area (Å²) < 4.78 is 1.48. The van der Waals surface area contributed by atoms with Crippen LogP contribution in [0.1, 0.15) is 43.2 Å². The van der Waals surface area contributed by atoms with E-state index in [1.54, 1.807) is 6.20 Å². The van der Waals surface area contributed by atoms with E-state index in [4.69, 9.17) is 0 Å². The number of piperidine rings is 1. The highest BCUT2D eigenvalue weighted by molar-refractivity contribution is 7.15. The van der Waals surface area contributed by atoms with Crippen molar-refractivity contribution in [2.75, 3.05) is 13.1 Å². The molecule has 0 N–H and O–H groups in total. The number of amides is 1. The summed E-state index contributed by atoms with van der Waals surface area (Å²) in [6, 6.07) is 0. The minimum atomic E-state index is -0.237. The van der Waals surface area contributed by atoms with Crippen LogP contribution in [0.5, 0.6) is 0 Å². The monoisotopic (exact) mass is 319 g/mol. The second-order valence-corrected chi connectivity index (χ2v) is 7.18. The van der Waals surface area contributed by atoms with Crippen LogP contribution in [-0.2, 0) is 6.42 Å². The van der Waals surface area contributed by atoms with Crippen molar-refractivity contribution in [2.45, 2.75) is 33.6 Å². The Morgan fingerprint density at radius 1 is 1.36 bits per heavy atom. The molecule has 0 radical (unpaired) electrons. The van der Waals surface area contributed by atoms with Gasteiger partial charge in [0.1, 0.15) is 5.56 Å². The van der Waals surface area contributed by atoms with Crippen LogP contribution in [0, 0.1) is 11.8 Å². The highest BCUT2D eigenvalue weighted by Gasteiger charge is 2.29. The van der Waals surface area contributed by atoms with E-state index < -0.39 is 0 Å². The van der Waals surface area contributed by atoms with Gasteiger partial charge in [-0.15, -0.1) is 11.3 Å². The van der Waals surface area contributed by atoms with Crippen molar-refractivity contribution in [1.29, 1.82) is 0 Å². The second-order valence-electron chi connectivity index (χ2n) is 6.30. The van der Waals surface area contributed by atoms with Crippen molar-refractivity contribution >= 4 is 22.2 Å². The first-order valence-corrected chi connectivity index (χ1v) is 8.67. The lowest BCUT2D eigenvalue weighted by molar-refractivity contribution is 0.0619. The zero-order chi connectivity index (χ0) is 15.9. The van der Waals surface area contributed by atoms with E-state index in [9.17, 15) is 9.59 Å². The van der Waals surface area contributed by atoms with E-state index in [1.165, 1.54) is 15.7 Å². The molecule has 1 fully saturated rings. The number of fused-ring (bicyclic) bond motifs is 1. The number of carbonyl (C=O) groups is 1. The summed E-state index contributed by atoms with van der Waals surface area (Å²) >= 11 is 1.41. The summed E-state index contributed by atoms with van der Waals surface area (Å²) in [5.74, 6) is 0.782. The van der Waals surface area contributed by atoms with Crippen LogP contribution in [0.25, 0.3) is 4.96 Å². The van der Waals surface area contributed by atoms with Crippen LogP contribution < -0.4 is 5.56 Å². The first-order chi connectivity index (χ1) is 10.5. The van der Waals surface area contributed by atoms with Gasteiger partial charge in [0.25, 0.3) is 11.5 Å². The van der Waals surface area contributed by atoms with Gasteiger partial charge in [0.05, 0.1) is 5.69 Å². The number of hydrogen-bond acceptors (Lipinski definition) is 4. The highest BCUT2D eigenvalue weighted by Crippen LogP contribution is 2.23. The van der Waals surface area contributed by atoms with E-state index >= 15 is 0 Å². The van der Waals surface area contributed by atoms with Crippen molar-refractivity contribution in [3.8, 4) is 0 Å². The average molecular weight is 319 g/mol. The largest absolute Gasteiger partial charge is 0.338 e. The fourth-order valence-electron chi connectivity index (χ4n) is 3.38. The van der Waals surface area contributed by atoms with Gasteiger partial charge in [-0.05, 0) is 24.7 Å². The number of likely N-dealkylation sites (tertiary alicyclic amines) is 1. The predicted octanol–water partition coefficient (Wildman–Crippen LogP) is 2.44. The molecule has 0 bridgehead atoms. The summed E-state index contributed by atoms with van der Waals surface area (Å²) in [4.78, 5) is 32.6. The molecular weight excluding hydrogens is 298 g/mol. The lowest BCUT2D eigenvalue weighted by Crippen LogP contribution is -2.45. The molecule has 1 saturated heterocycles. The lowest BCUT2D eigenvalue weighted by Gasteiger charge is -2.35. The number of rotatable bonds is 2. The number of thiazole rings is 1. The molecule has 1 amide bonds. The molecule has 2 atom stereocenters. The SMILES string of the molecule is CCc1nc2sccn2c(=O)c1C(=O)N1CC(C)CC(C)C1. The van der Waals surface area contributed by atoms with Crippen molar-refractivity contribution in [1.82, 2.24) is 14.3 Å². The van der Waals surface area contributed by atoms with Gasteiger partial charge in [-0.2, -0.15) is 0 Å². The topological polar surface area (TPSA) is 54.7 Å². The maximum absolute atomic E-state index is 12.9. The third-order valence-electron chi connectivity index (χ3n) is 4.25. The summed E-state index contributed by atoms with van der Waals surface area (Å²) in [6.45, 7) is 7.69. The summed E-state index contributed by atoms with van der Waals surface area (Å²) in [5.41, 5.74) is 0.627. The van der Waals surface area contributed by atoms with E-state index in [0.29, 0.717) is 28.9 Å². The number of aryl methyl sites for hydroxylation is 1. The molecule has 2 aromatic rings. The number of aromatic nitrogens is 2. The normalized spacial score (nSPS) is 22.2. The minimum Gasteiger partial charge on any atom is -0.338 e. The fourth-order valence-corrected chi connectivity index (χ4v) is 4.10. The average Bonchev–Trinajstić information content (AvgIpc) is 2.94. The third-order valence-corrected chi connectivity index (χ3v) is 5.00. The van der Waals surface area contributed by atoms with Gasteiger partial charge in [-0.1, -0.05) is 20.8 Å². The lowest BCUT2D eigenvalue weighted by atomic mass is 9.91. The highest BCUT2D eigenvalue weighted by atomic mass is 32.1. The molecule has 3 heterocycles. The summed E-state index contributed by atoms with van der Waals surface area (Å²) in [5, 5.41) is 1.82. The van der Waals surface area contributed by atoms with E-state index in [1.807, 2.05) is 17.2 Å². The molecule has 2 aromatic heterocycles. The minimum absolute atomic E-state index is 0.159. The van der Waals surface area contributed by atoms with Crippen LogP contribution >= 0.6 is 11.3 Å². The second kappa shape index (κ2) is 5.83. The van der Waals surface area contributed by atoms with Crippen molar-refractivity contribution in [3.05, 3.63) is 33.2 Å². The Morgan fingerprint density at radius 2 is 2.05 bits per heavy atom. The van der Waals surface area contributed by atoms with Gasteiger partial charge in [0.2, 0.25) is 0 Å². The van der Waals surface area contributed by atoms with Crippen LogP contribution in [0.4, 0.5) is 0 Å². The number of carbonyl (C=O) groups excluding carboxylic acids is 1. The first kappa shape index (κ1) is 15.2. The molecule has 1 aliphatic rings. The Labute approximate surface area is 133 Å². The van der Waals surface area contributed by atoms with Crippen molar-refractivity contribution in [2.24, 2.45) is 11.8 Å². The Morgan fingerprint density at radius 3 is 2.68 bits per heavy atom. The molecule has 0 spiro atoms. The van der Waals surface area contributed by atoms with Crippen molar-refractivity contribution < 1.29 is 4.79 Å². The molecule has 5 nitrogen and oxygen atoms in total. The van der Waals surface area contributed by atoms with Crippen LogP contribution in [-0.4, -0.2) is 33.3 Å². The Hall–Kier alpha value is -1.69. The molecule has 3 rings (SSSR count). The van der Waals surface area contributed by atoms with E-state index in [2.05, 4.69) is 18.8 Å². The quantitative estimate of drug-likeness (QED) is 0.854. The molecule has 6 heteroatoms. The number of hydrogen-bond donors (Lipinski definition) is 0. The molecule has 0 aromatic carbocycles. The molecule has 0 saturated carbocycles. The molecule has 22 heavy (non-hydrogen) atoms. The van der Waals surface area contributed by atoms with Gasteiger partial charge >= 0.3 is 0 Å². The smallest absolute Gasteiger partial charge is 0.271 e. The molecule has 0 aliphatic carbocycles. The molecular formula is C16H21N3O2S. The number of nitrogens with zero attached hydrogens (tertiary/aromatic N) is 3. The van der Waals surface area contributed by atoms with Crippen LogP contribution in [0.2, 0.25) is 0 Å². The zero-order valence-corrected chi connectivity index (χ0v) is 14.0. The van der Waals surface area contributed by atoms with Gasteiger partial charge in [0.15, 0.2) is 4.96 Å². The third kappa shape index (κ3) is 2.56.